The normalized spacial score (nSPS) is 10.7. The van der Waals surface area contributed by atoms with Crippen molar-refractivity contribution in [3.63, 3.8) is 0 Å². The van der Waals surface area contributed by atoms with Crippen LogP contribution in [0.5, 0.6) is 17.2 Å². The number of allylic oxidation sites excluding steroid dienone is 1. The van der Waals surface area contributed by atoms with Crippen molar-refractivity contribution in [3.8, 4) is 17.2 Å². The van der Waals surface area contributed by atoms with Crippen molar-refractivity contribution in [1.29, 1.82) is 0 Å². The molecule has 0 spiro atoms. The lowest BCUT2D eigenvalue weighted by molar-refractivity contribution is 0.104. The molecule has 0 aliphatic carbocycles. The van der Waals surface area contributed by atoms with Crippen LogP contribution < -0.4 is 4.74 Å². The van der Waals surface area contributed by atoms with Gasteiger partial charge in [0.2, 0.25) is 0 Å². The third-order valence-electron chi connectivity index (χ3n) is 2.77. The number of methoxy groups -OCH3 is 1. The van der Waals surface area contributed by atoms with E-state index in [0.29, 0.717) is 11.3 Å². The SMILES string of the molecule is COc1ccc(C(=O)/C=C/c2cccc(O)c2)c(O)c1. The lowest BCUT2D eigenvalue weighted by Crippen LogP contribution is -1.95. The molecule has 2 aromatic rings. The van der Waals surface area contributed by atoms with Crippen molar-refractivity contribution in [1.82, 2.24) is 0 Å². The summed E-state index contributed by atoms with van der Waals surface area (Å²) in [5.74, 6) is 0.159. The third-order valence-corrected chi connectivity index (χ3v) is 2.77. The van der Waals surface area contributed by atoms with Gasteiger partial charge in [0.25, 0.3) is 0 Å². The van der Waals surface area contributed by atoms with Gasteiger partial charge in [-0.1, -0.05) is 18.2 Å². The van der Waals surface area contributed by atoms with E-state index >= 15 is 0 Å². The Labute approximate surface area is 116 Å². The minimum atomic E-state index is -0.325. The quantitative estimate of drug-likeness (QED) is 0.662. The molecule has 20 heavy (non-hydrogen) atoms. The molecule has 0 fully saturated rings. The minimum absolute atomic E-state index is 0.130. The van der Waals surface area contributed by atoms with Gasteiger partial charge in [-0.15, -0.1) is 0 Å². The number of hydrogen-bond donors (Lipinski definition) is 2. The molecule has 0 saturated carbocycles. The Kier molecular flexibility index (Phi) is 4.05. The van der Waals surface area contributed by atoms with E-state index in [1.807, 2.05) is 0 Å². The summed E-state index contributed by atoms with van der Waals surface area (Å²) in [6, 6.07) is 11.0. The predicted molar refractivity (Wildman–Crippen MR) is 76.1 cm³/mol. The van der Waals surface area contributed by atoms with Crippen LogP contribution >= 0.6 is 0 Å². The Morgan fingerprint density at radius 3 is 2.60 bits per heavy atom. The lowest BCUT2D eigenvalue weighted by atomic mass is 10.1. The number of carbonyl (C=O) groups excluding carboxylic acids is 1. The Hall–Kier alpha value is -2.75. The van der Waals surface area contributed by atoms with Crippen molar-refractivity contribution in [2.75, 3.05) is 7.11 Å². The first-order valence-corrected chi connectivity index (χ1v) is 5.98. The summed E-state index contributed by atoms with van der Waals surface area (Å²) in [6.07, 6.45) is 2.92. The second-order valence-electron chi connectivity index (χ2n) is 4.18. The largest absolute Gasteiger partial charge is 0.508 e. The summed E-state index contributed by atoms with van der Waals surface area (Å²) in [4.78, 5) is 12.0. The number of carbonyl (C=O) groups is 1. The molecule has 2 rings (SSSR count). The number of phenols is 2. The molecule has 0 atom stereocenters. The number of ketones is 1. The Balaban J connectivity index is 2.20. The van der Waals surface area contributed by atoms with Crippen LogP contribution in [0.25, 0.3) is 6.08 Å². The Morgan fingerprint density at radius 1 is 1.15 bits per heavy atom. The Morgan fingerprint density at radius 2 is 1.95 bits per heavy atom. The van der Waals surface area contributed by atoms with Crippen LogP contribution in [0, 0.1) is 0 Å². The minimum Gasteiger partial charge on any atom is -0.508 e. The molecule has 0 saturated heterocycles. The van der Waals surface area contributed by atoms with Crippen molar-refractivity contribution in [2.24, 2.45) is 0 Å². The van der Waals surface area contributed by atoms with E-state index in [-0.39, 0.29) is 22.8 Å². The lowest BCUT2D eigenvalue weighted by Gasteiger charge is -2.03. The summed E-state index contributed by atoms with van der Waals surface area (Å²) >= 11 is 0. The van der Waals surface area contributed by atoms with Gasteiger partial charge in [-0.2, -0.15) is 0 Å². The molecule has 0 radical (unpaired) electrons. The standard InChI is InChI=1S/C16H14O4/c1-20-13-6-7-14(16(19)10-13)15(18)8-5-11-3-2-4-12(17)9-11/h2-10,17,19H,1H3/b8-5+. The number of benzene rings is 2. The first kappa shape index (κ1) is 13.7. The fourth-order valence-corrected chi connectivity index (χ4v) is 1.74. The van der Waals surface area contributed by atoms with Gasteiger partial charge in [0.1, 0.15) is 17.2 Å². The van der Waals surface area contributed by atoms with Crippen LogP contribution in [0.4, 0.5) is 0 Å². The molecule has 0 amide bonds. The predicted octanol–water partition coefficient (Wildman–Crippen LogP) is 3.00. The fraction of sp³-hybridized carbons (Fsp3) is 0.0625. The van der Waals surface area contributed by atoms with Crippen LogP contribution in [0.2, 0.25) is 0 Å². The van der Waals surface area contributed by atoms with Gasteiger partial charge in [-0.05, 0) is 35.9 Å². The molecule has 0 aromatic heterocycles. The first-order valence-electron chi connectivity index (χ1n) is 5.98. The zero-order valence-corrected chi connectivity index (χ0v) is 10.9. The number of rotatable bonds is 4. The average Bonchev–Trinajstić information content (AvgIpc) is 2.44. The van der Waals surface area contributed by atoms with Crippen molar-refractivity contribution >= 4 is 11.9 Å². The summed E-state index contributed by atoms with van der Waals surface area (Å²) in [6.45, 7) is 0. The van der Waals surface area contributed by atoms with Crippen LogP contribution in [0.1, 0.15) is 15.9 Å². The molecule has 2 N–H and O–H groups in total. The maximum atomic E-state index is 12.0. The Bertz CT molecular complexity index is 659. The average molecular weight is 270 g/mol. The third kappa shape index (κ3) is 3.17. The smallest absolute Gasteiger partial charge is 0.189 e. The van der Waals surface area contributed by atoms with E-state index in [1.165, 1.54) is 31.4 Å². The second kappa shape index (κ2) is 5.93. The molecule has 0 aliphatic heterocycles. The number of ether oxygens (including phenoxy) is 1. The van der Waals surface area contributed by atoms with Gasteiger partial charge in [0.05, 0.1) is 12.7 Å². The van der Waals surface area contributed by atoms with Gasteiger partial charge >= 0.3 is 0 Å². The fourth-order valence-electron chi connectivity index (χ4n) is 1.74. The zero-order valence-electron chi connectivity index (χ0n) is 10.9. The molecular formula is C16H14O4. The van der Waals surface area contributed by atoms with Gasteiger partial charge < -0.3 is 14.9 Å². The first-order chi connectivity index (χ1) is 9.60. The van der Waals surface area contributed by atoms with Gasteiger partial charge in [-0.3, -0.25) is 4.79 Å². The highest BCUT2D eigenvalue weighted by Gasteiger charge is 2.09. The molecule has 0 unspecified atom stereocenters. The van der Waals surface area contributed by atoms with Crippen molar-refractivity contribution in [2.45, 2.75) is 0 Å². The van der Waals surface area contributed by atoms with Crippen molar-refractivity contribution < 1.29 is 19.7 Å². The number of aromatic hydroxyl groups is 2. The number of phenolic OH excluding ortho intramolecular Hbond substituents is 2. The molecule has 4 heteroatoms. The molecular weight excluding hydrogens is 256 g/mol. The van der Waals surface area contributed by atoms with Gasteiger partial charge in [0.15, 0.2) is 5.78 Å². The van der Waals surface area contributed by atoms with Crippen LogP contribution in [0.15, 0.2) is 48.5 Å². The molecule has 2 aromatic carbocycles. The summed E-state index contributed by atoms with van der Waals surface area (Å²) in [5.41, 5.74) is 0.897. The summed E-state index contributed by atoms with van der Waals surface area (Å²) in [7, 11) is 1.48. The monoisotopic (exact) mass is 270 g/mol. The highest BCUT2D eigenvalue weighted by molar-refractivity contribution is 6.08. The zero-order chi connectivity index (χ0) is 14.5. The van der Waals surface area contributed by atoms with Gasteiger partial charge in [0, 0.05) is 6.07 Å². The topological polar surface area (TPSA) is 66.8 Å². The van der Waals surface area contributed by atoms with E-state index in [4.69, 9.17) is 4.74 Å². The van der Waals surface area contributed by atoms with E-state index in [1.54, 1.807) is 30.3 Å². The molecule has 0 heterocycles. The highest BCUT2D eigenvalue weighted by Crippen LogP contribution is 2.24. The second-order valence-corrected chi connectivity index (χ2v) is 4.18. The van der Waals surface area contributed by atoms with Crippen LogP contribution in [-0.2, 0) is 0 Å². The van der Waals surface area contributed by atoms with Crippen molar-refractivity contribution in [3.05, 3.63) is 59.7 Å². The molecule has 0 aliphatic rings. The highest BCUT2D eigenvalue weighted by atomic mass is 16.5. The molecule has 4 nitrogen and oxygen atoms in total. The maximum absolute atomic E-state index is 12.0. The maximum Gasteiger partial charge on any atom is 0.189 e. The summed E-state index contributed by atoms with van der Waals surface area (Å²) < 4.78 is 4.96. The van der Waals surface area contributed by atoms with E-state index in [9.17, 15) is 15.0 Å². The van der Waals surface area contributed by atoms with Crippen LogP contribution in [-0.4, -0.2) is 23.1 Å². The molecule has 0 bridgehead atoms. The van der Waals surface area contributed by atoms with E-state index in [0.717, 1.165) is 0 Å². The van der Waals surface area contributed by atoms with Gasteiger partial charge in [-0.25, -0.2) is 0 Å². The molecule has 102 valence electrons. The summed E-state index contributed by atoms with van der Waals surface area (Å²) in [5, 5.41) is 19.1. The van der Waals surface area contributed by atoms with E-state index < -0.39 is 0 Å². The van der Waals surface area contributed by atoms with E-state index in [2.05, 4.69) is 0 Å². The number of hydrogen-bond acceptors (Lipinski definition) is 4. The van der Waals surface area contributed by atoms with Crippen LogP contribution in [0.3, 0.4) is 0 Å².